The molecule has 0 aromatic heterocycles. The van der Waals surface area contributed by atoms with Crippen molar-refractivity contribution in [1.82, 2.24) is 0 Å². The predicted molar refractivity (Wildman–Crippen MR) is 92.8 cm³/mol. The van der Waals surface area contributed by atoms with Crippen molar-refractivity contribution in [2.24, 2.45) is 28.6 Å². The minimum Gasteiger partial charge on any atom is -0.498 e. The van der Waals surface area contributed by atoms with Gasteiger partial charge in [0.15, 0.2) is 0 Å². The van der Waals surface area contributed by atoms with E-state index in [-0.39, 0.29) is 11.5 Å². The maximum atomic E-state index is 10.5. The molecule has 4 rings (SSSR count). The fourth-order valence-electron chi connectivity index (χ4n) is 6.57. The fraction of sp³-hybridized carbons (Fsp3) is 0.810. The Balaban J connectivity index is 1.66. The van der Waals surface area contributed by atoms with Gasteiger partial charge >= 0.3 is 0 Å². The molecule has 4 aliphatic rings. The molecule has 2 fully saturated rings. The molecule has 6 atom stereocenters. The summed E-state index contributed by atoms with van der Waals surface area (Å²) in [6.45, 7) is 7.72. The Labute approximate surface area is 141 Å². The molecule has 0 bridgehead atoms. The highest BCUT2D eigenvalue weighted by Gasteiger charge is 2.58. The van der Waals surface area contributed by atoms with Crippen LogP contribution in [0.2, 0.25) is 0 Å². The highest BCUT2D eigenvalue weighted by molar-refractivity contribution is 5.35. The van der Waals surface area contributed by atoms with Gasteiger partial charge < -0.3 is 9.84 Å². The van der Waals surface area contributed by atoms with E-state index < -0.39 is 0 Å². The number of aliphatic hydroxyl groups is 1. The molecule has 0 spiro atoms. The van der Waals surface area contributed by atoms with Gasteiger partial charge in [-0.2, -0.15) is 0 Å². The number of hydrogen-bond acceptors (Lipinski definition) is 2. The number of allylic oxidation sites excluding steroid dienone is 4. The average molecular weight is 316 g/mol. The van der Waals surface area contributed by atoms with Crippen molar-refractivity contribution in [3.8, 4) is 0 Å². The van der Waals surface area contributed by atoms with Gasteiger partial charge in [0.2, 0.25) is 0 Å². The summed E-state index contributed by atoms with van der Waals surface area (Å²) in [6, 6.07) is 0. The molecule has 0 amide bonds. The van der Waals surface area contributed by atoms with Gasteiger partial charge in [0.1, 0.15) is 0 Å². The molecule has 128 valence electrons. The molecule has 0 aromatic carbocycles. The summed E-state index contributed by atoms with van der Waals surface area (Å²) < 4.78 is 5.80. The van der Waals surface area contributed by atoms with E-state index in [2.05, 4.69) is 32.9 Å². The summed E-state index contributed by atoms with van der Waals surface area (Å²) in [5, 5.41) is 10.5. The first-order chi connectivity index (χ1) is 11.0. The summed E-state index contributed by atoms with van der Waals surface area (Å²) in [7, 11) is 0. The van der Waals surface area contributed by atoms with Gasteiger partial charge in [-0.15, -0.1) is 0 Å². The first-order valence-corrected chi connectivity index (χ1v) is 9.71. The Morgan fingerprint density at radius 3 is 2.78 bits per heavy atom. The van der Waals surface area contributed by atoms with Gasteiger partial charge in [-0.1, -0.05) is 19.9 Å². The van der Waals surface area contributed by atoms with Gasteiger partial charge in [-0.25, -0.2) is 0 Å². The molecule has 4 aliphatic carbocycles. The second-order valence-corrected chi connectivity index (χ2v) is 8.87. The van der Waals surface area contributed by atoms with E-state index >= 15 is 0 Å². The molecule has 0 heterocycles. The van der Waals surface area contributed by atoms with E-state index in [9.17, 15) is 5.11 Å². The monoisotopic (exact) mass is 316 g/mol. The molecule has 2 heteroatoms. The van der Waals surface area contributed by atoms with Crippen LogP contribution in [0.3, 0.4) is 0 Å². The number of hydrogen-bond donors (Lipinski definition) is 1. The smallest absolute Gasteiger partial charge is 0.0962 e. The minimum absolute atomic E-state index is 0.0672. The maximum Gasteiger partial charge on any atom is 0.0962 e. The molecule has 0 aliphatic heterocycles. The summed E-state index contributed by atoms with van der Waals surface area (Å²) >= 11 is 0. The molecule has 23 heavy (non-hydrogen) atoms. The predicted octanol–water partition coefficient (Wildman–Crippen LogP) is 4.84. The van der Waals surface area contributed by atoms with E-state index in [1.54, 1.807) is 0 Å². The van der Waals surface area contributed by atoms with E-state index in [0.29, 0.717) is 5.41 Å². The van der Waals surface area contributed by atoms with Crippen LogP contribution in [-0.2, 0) is 4.74 Å². The standard InChI is InChI=1S/C21H32O2/c1-4-23-15-9-11-20(2)14(13-15)5-6-16-17-7-8-19(22)21(17,3)12-10-18(16)20/h5,13,16-19,22H,4,6-12H2,1-3H3/t16-,17-,18-,19+,20-,21-/m0/s1. The zero-order chi connectivity index (χ0) is 16.2. The second kappa shape index (κ2) is 5.37. The Morgan fingerprint density at radius 2 is 2.00 bits per heavy atom. The summed E-state index contributed by atoms with van der Waals surface area (Å²) in [5.41, 5.74) is 2.05. The zero-order valence-corrected chi connectivity index (χ0v) is 15.0. The average Bonchev–Trinajstić information content (AvgIpc) is 2.84. The Morgan fingerprint density at radius 1 is 1.17 bits per heavy atom. The third-order valence-electron chi connectivity index (χ3n) is 8.01. The summed E-state index contributed by atoms with van der Waals surface area (Å²) in [6.07, 6.45) is 13.1. The first kappa shape index (κ1) is 15.7. The third-order valence-corrected chi connectivity index (χ3v) is 8.01. The molecular weight excluding hydrogens is 284 g/mol. The fourth-order valence-corrected chi connectivity index (χ4v) is 6.57. The summed E-state index contributed by atoms with van der Waals surface area (Å²) in [4.78, 5) is 0. The lowest BCUT2D eigenvalue weighted by Gasteiger charge is -2.56. The Bertz CT molecular complexity index is 548. The number of ether oxygens (including phenoxy) is 1. The topological polar surface area (TPSA) is 29.5 Å². The van der Waals surface area contributed by atoms with Crippen LogP contribution in [0.15, 0.2) is 23.5 Å². The maximum absolute atomic E-state index is 10.5. The molecule has 2 nitrogen and oxygen atoms in total. The lowest BCUT2D eigenvalue weighted by Crippen LogP contribution is -2.50. The van der Waals surface area contributed by atoms with Crippen LogP contribution in [-0.4, -0.2) is 17.8 Å². The van der Waals surface area contributed by atoms with Crippen molar-refractivity contribution in [2.75, 3.05) is 6.61 Å². The molecule has 0 saturated heterocycles. The molecule has 1 N–H and O–H groups in total. The van der Waals surface area contributed by atoms with Crippen molar-refractivity contribution in [3.63, 3.8) is 0 Å². The van der Waals surface area contributed by atoms with E-state index in [1.807, 2.05) is 0 Å². The largest absolute Gasteiger partial charge is 0.498 e. The van der Waals surface area contributed by atoms with Crippen LogP contribution in [0, 0.1) is 28.6 Å². The second-order valence-electron chi connectivity index (χ2n) is 8.87. The van der Waals surface area contributed by atoms with E-state index in [1.165, 1.54) is 43.4 Å². The highest BCUT2D eigenvalue weighted by Crippen LogP contribution is 2.64. The Hall–Kier alpha value is -0.760. The van der Waals surface area contributed by atoms with Crippen molar-refractivity contribution >= 4 is 0 Å². The lowest BCUT2D eigenvalue weighted by molar-refractivity contribution is -0.0635. The lowest BCUT2D eigenvalue weighted by atomic mass is 9.48. The molecule has 0 radical (unpaired) electrons. The third kappa shape index (κ3) is 2.17. The normalized spacial score (nSPS) is 48.7. The van der Waals surface area contributed by atoms with Gasteiger partial charge in [0.05, 0.1) is 18.5 Å². The van der Waals surface area contributed by atoms with Crippen LogP contribution < -0.4 is 0 Å². The van der Waals surface area contributed by atoms with Gasteiger partial charge in [0, 0.05) is 6.42 Å². The Kier molecular flexibility index (Phi) is 3.68. The van der Waals surface area contributed by atoms with Crippen molar-refractivity contribution < 1.29 is 9.84 Å². The van der Waals surface area contributed by atoms with Crippen LogP contribution in [0.4, 0.5) is 0 Å². The van der Waals surface area contributed by atoms with Gasteiger partial charge in [-0.05, 0) is 85.7 Å². The number of aliphatic hydroxyl groups excluding tert-OH is 1. The van der Waals surface area contributed by atoms with Crippen LogP contribution >= 0.6 is 0 Å². The zero-order valence-electron chi connectivity index (χ0n) is 15.0. The van der Waals surface area contributed by atoms with Crippen LogP contribution in [0.1, 0.15) is 65.7 Å². The minimum atomic E-state index is -0.0672. The number of rotatable bonds is 2. The van der Waals surface area contributed by atoms with Gasteiger partial charge in [0.25, 0.3) is 0 Å². The van der Waals surface area contributed by atoms with Crippen molar-refractivity contribution in [3.05, 3.63) is 23.5 Å². The molecule has 2 saturated carbocycles. The van der Waals surface area contributed by atoms with Crippen molar-refractivity contribution in [2.45, 2.75) is 71.8 Å². The highest BCUT2D eigenvalue weighted by atomic mass is 16.5. The van der Waals surface area contributed by atoms with Crippen LogP contribution in [0.25, 0.3) is 0 Å². The molecule has 0 unspecified atom stereocenters. The van der Waals surface area contributed by atoms with Gasteiger partial charge in [-0.3, -0.25) is 0 Å². The van der Waals surface area contributed by atoms with E-state index in [4.69, 9.17) is 4.74 Å². The quantitative estimate of drug-likeness (QED) is 0.790. The van der Waals surface area contributed by atoms with E-state index in [0.717, 1.165) is 37.2 Å². The van der Waals surface area contributed by atoms with Crippen LogP contribution in [0.5, 0.6) is 0 Å². The SMILES string of the molecule is CCOC1=CC2=CC[C@H]3[C@@H]4CC[C@@H](O)[C@@]4(C)CC[C@@H]3[C@@]2(C)CC1. The van der Waals surface area contributed by atoms with Crippen molar-refractivity contribution in [1.29, 1.82) is 0 Å². The summed E-state index contributed by atoms with van der Waals surface area (Å²) in [5.74, 6) is 3.49. The molecule has 0 aromatic rings. The molecular formula is C21H32O2. The number of fused-ring (bicyclic) bond motifs is 5. The first-order valence-electron chi connectivity index (χ1n) is 9.71.